The summed E-state index contributed by atoms with van der Waals surface area (Å²) in [5.74, 6) is 1.69. The first kappa shape index (κ1) is 12.4. The fraction of sp³-hybridized carbons (Fsp3) is 0.750. The molecule has 17 heavy (non-hydrogen) atoms. The quantitative estimate of drug-likeness (QED) is 0.753. The van der Waals surface area contributed by atoms with Crippen LogP contribution in [0.5, 0.6) is 0 Å². The van der Waals surface area contributed by atoms with Gasteiger partial charge in [-0.05, 0) is 25.3 Å². The van der Waals surface area contributed by atoms with Gasteiger partial charge in [-0.3, -0.25) is 4.68 Å². The number of hydrogen-bond acceptors (Lipinski definition) is 4. The summed E-state index contributed by atoms with van der Waals surface area (Å²) in [6.45, 7) is 4.55. The first-order chi connectivity index (χ1) is 8.04. The fourth-order valence-electron chi connectivity index (χ4n) is 2.24. The lowest BCUT2D eigenvalue weighted by Gasteiger charge is -2.20. The number of hydrogen-bond donors (Lipinski definition) is 2. The second kappa shape index (κ2) is 5.06. The Morgan fingerprint density at radius 2 is 2.41 bits per heavy atom. The Morgan fingerprint density at radius 1 is 1.71 bits per heavy atom. The average Bonchev–Trinajstić information content (AvgIpc) is 2.72. The summed E-state index contributed by atoms with van der Waals surface area (Å²) in [4.78, 5) is 2.20. The van der Waals surface area contributed by atoms with Crippen LogP contribution < -0.4 is 5.73 Å². The van der Waals surface area contributed by atoms with Crippen molar-refractivity contribution in [2.24, 2.45) is 11.8 Å². The van der Waals surface area contributed by atoms with E-state index in [1.807, 2.05) is 0 Å². The highest BCUT2D eigenvalue weighted by molar-refractivity contribution is 5.30. The van der Waals surface area contributed by atoms with E-state index in [1.165, 1.54) is 6.42 Å². The minimum absolute atomic E-state index is 0.395. The first-order valence-corrected chi connectivity index (χ1v) is 6.19. The molecule has 1 fully saturated rings. The topological polar surface area (TPSA) is 67.3 Å². The van der Waals surface area contributed by atoms with Crippen molar-refractivity contribution in [2.45, 2.75) is 26.0 Å². The molecule has 1 aliphatic carbocycles. The van der Waals surface area contributed by atoms with E-state index in [4.69, 9.17) is 5.73 Å². The van der Waals surface area contributed by atoms with Gasteiger partial charge < -0.3 is 15.7 Å². The molecular weight excluding hydrogens is 216 g/mol. The zero-order valence-corrected chi connectivity index (χ0v) is 10.6. The van der Waals surface area contributed by atoms with Gasteiger partial charge in [0, 0.05) is 19.3 Å². The molecule has 1 aliphatic rings. The van der Waals surface area contributed by atoms with E-state index < -0.39 is 6.10 Å². The Balaban J connectivity index is 1.71. The highest BCUT2D eigenvalue weighted by Crippen LogP contribution is 2.37. The van der Waals surface area contributed by atoms with Crippen LogP contribution in [0.1, 0.15) is 13.3 Å². The van der Waals surface area contributed by atoms with Gasteiger partial charge in [0.15, 0.2) is 0 Å². The Kier molecular flexibility index (Phi) is 3.69. The maximum atomic E-state index is 9.94. The average molecular weight is 238 g/mol. The van der Waals surface area contributed by atoms with Crippen LogP contribution in [0, 0.1) is 11.8 Å². The fourth-order valence-corrected chi connectivity index (χ4v) is 2.24. The molecule has 0 aliphatic heterocycles. The lowest BCUT2D eigenvalue weighted by molar-refractivity contribution is 0.104. The van der Waals surface area contributed by atoms with E-state index >= 15 is 0 Å². The molecule has 1 aromatic heterocycles. The van der Waals surface area contributed by atoms with Crippen molar-refractivity contribution in [3.8, 4) is 0 Å². The van der Waals surface area contributed by atoms with Gasteiger partial charge in [0.2, 0.25) is 0 Å². The minimum atomic E-state index is -0.395. The zero-order chi connectivity index (χ0) is 12.4. The molecule has 3 atom stereocenters. The summed E-state index contributed by atoms with van der Waals surface area (Å²) in [5, 5.41) is 14.0. The molecule has 0 spiro atoms. The van der Waals surface area contributed by atoms with Crippen LogP contribution in [0.15, 0.2) is 12.4 Å². The van der Waals surface area contributed by atoms with E-state index in [1.54, 1.807) is 17.1 Å². The Hall–Kier alpha value is -1.07. The molecule has 1 heterocycles. The molecule has 1 saturated carbocycles. The van der Waals surface area contributed by atoms with Crippen LogP contribution in [-0.4, -0.2) is 46.0 Å². The molecule has 0 bridgehead atoms. The molecule has 0 saturated heterocycles. The van der Waals surface area contributed by atoms with Crippen LogP contribution in [0.25, 0.3) is 0 Å². The van der Waals surface area contributed by atoms with Crippen molar-refractivity contribution in [1.82, 2.24) is 14.7 Å². The van der Waals surface area contributed by atoms with Gasteiger partial charge in [-0.15, -0.1) is 0 Å². The van der Waals surface area contributed by atoms with E-state index in [-0.39, 0.29) is 0 Å². The third-order valence-electron chi connectivity index (χ3n) is 3.40. The molecule has 2 rings (SSSR count). The molecule has 5 nitrogen and oxygen atoms in total. The maximum absolute atomic E-state index is 9.94. The molecule has 96 valence electrons. The van der Waals surface area contributed by atoms with Crippen molar-refractivity contribution >= 4 is 5.69 Å². The van der Waals surface area contributed by atoms with Gasteiger partial charge in [-0.1, -0.05) is 6.92 Å². The molecule has 0 amide bonds. The number of aliphatic hydroxyl groups excluding tert-OH is 1. The van der Waals surface area contributed by atoms with Crippen molar-refractivity contribution in [3.63, 3.8) is 0 Å². The molecular formula is C12H22N4O. The predicted molar refractivity (Wildman–Crippen MR) is 67.4 cm³/mol. The summed E-state index contributed by atoms with van der Waals surface area (Å²) in [6, 6.07) is 0. The van der Waals surface area contributed by atoms with Gasteiger partial charge in [0.25, 0.3) is 0 Å². The number of rotatable bonds is 6. The standard InChI is InChI=1S/C12H22N4O/c1-9-3-10(9)5-15(2)7-12(17)8-16-6-11(13)4-14-16/h4,6,9-10,12,17H,3,5,7-8,13H2,1-2H3. The second-order valence-corrected chi connectivity index (χ2v) is 5.34. The monoisotopic (exact) mass is 238 g/mol. The lowest BCUT2D eigenvalue weighted by Crippen LogP contribution is -2.33. The largest absolute Gasteiger partial charge is 0.396 e. The number of nitrogens with zero attached hydrogens (tertiary/aromatic N) is 3. The van der Waals surface area contributed by atoms with Crippen LogP contribution in [0.2, 0.25) is 0 Å². The predicted octanol–water partition coefficient (Wildman–Crippen LogP) is 0.414. The van der Waals surface area contributed by atoms with Crippen LogP contribution in [0.4, 0.5) is 5.69 Å². The third kappa shape index (κ3) is 3.71. The molecule has 3 N–H and O–H groups in total. The molecule has 1 aromatic rings. The number of anilines is 1. The summed E-state index contributed by atoms with van der Waals surface area (Å²) in [5.41, 5.74) is 6.21. The maximum Gasteiger partial charge on any atom is 0.0862 e. The third-order valence-corrected chi connectivity index (χ3v) is 3.40. The molecule has 0 aromatic carbocycles. The van der Waals surface area contributed by atoms with Crippen molar-refractivity contribution in [3.05, 3.63) is 12.4 Å². The highest BCUT2D eigenvalue weighted by Gasteiger charge is 2.33. The van der Waals surface area contributed by atoms with E-state index in [2.05, 4.69) is 24.0 Å². The summed E-state index contributed by atoms with van der Waals surface area (Å²) < 4.78 is 1.69. The van der Waals surface area contributed by atoms with Gasteiger partial charge in [-0.2, -0.15) is 5.10 Å². The number of aromatic nitrogens is 2. The van der Waals surface area contributed by atoms with Crippen molar-refractivity contribution in [1.29, 1.82) is 0 Å². The molecule has 5 heteroatoms. The van der Waals surface area contributed by atoms with Gasteiger partial charge in [0.1, 0.15) is 0 Å². The summed E-state index contributed by atoms with van der Waals surface area (Å²) in [7, 11) is 2.06. The van der Waals surface area contributed by atoms with Gasteiger partial charge in [-0.25, -0.2) is 0 Å². The first-order valence-electron chi connectivity index (χ1n) is 6.19. The summed E-state index contributed by atoms with van der Waals surface area (Å²) >= 11 is 0. The number of nitrogen functional groups attached to an aromatic ring is 1. The number of likely N-dealkylation sites (N-methyl/N-ethyl adjacent to an activating group) is 1. The second-order valence-electron chi connectivity index (χ2n) is 5.34. The zero-order valence-electron chi connectivity index (χ0n) is 10.6. The minimum Gasteiger partial charge on any atom is -0.396 e. The Labute approximate surface area is 102 Å². The highest BCUT2D eigenvalue weighted by atomic mass is 16.3. The van der Waals surface area contributed by atoms with Crippen LogP contribution in [-0.2, 0) is 6.54 Å². The van der Waals surface area contributed by atoms with Crippen molar-refractivity contribution < 1.29 is 5.11 Å². The Morgan fingerprint density at radius 3 is 2.94 bits per heavy atom. The van der Waals surface area contributed by atoms with Gasteiger partial charge in [0.05, 0.1) is 24.5 Å². The van der Waals surface area contributed by atoms with E-state index in [0.717, 1.165) is 18.4 Å². The van der Waals surface area contributed by atoms with Crippen molar-refractivity contribution in [2.75, 3.05) is 25.9 Å². The van der Waals surface area contributed by atoms with Crippen LogP contribution >= 0.6 is 0 Å². The SMILES string of the molecule is CC1CC1CN(C)CC(O)Cn1cc(N)cn1. The van der Waals surface area contributed by atoms with E-state index in [9.17, 15) is 5.11 Å². The summed E-state index contributed by atoms with van der Waals surface area (Å²) in [6.07, 6.45) is 4.28. The normalized spacial score (nSPS) is 25.2. The molecule has 0 radical (unpaired) electrons. The molecule has 3 unspecified atom stereocenters. The van der Waals surface area contributed by atoms with Gasteiger partial charge >= 0.3 is 0 Å². The van der Waals surface area contributed by atoms with E-state index in [0.29, 0.717) is 18.8 Å². The Bertz CT molecular complexity index is 365. The smallest absolute Gasteiger partial charge is 0.0862 e. The number of aliphatic hydroxyl groups is 1. The number of nitrogens with two attached hydrogens (primary N) is 1. The lowest BCUT2D eigenvalue weighted by atomic mass is 10.3. The van der Waals surface area contributed by atoms with Crippen LogP contribution in [0.3, 0.4) is 0 Å².